The second kappa shape index (κ2) is 9.51. The Hall–Kier alpha value is -2.52. The van der Waals surface area contributed by atoms with E-state index in [0.29, 0.717) is 35.1 Å². The van der Waals surface area contributed by atoms with Gasteiger partial charge >= 0.3 is 0 Å². The van der Waals surface area contributed by atoms with Gasteiger partial charge < -0.3 is 5.11 Å². The van der Waals surface area contributed by atoms with Crippen LogP contribution in [-0.4, -0.2) is 22.3 Å². The molecule has 0 amide bonds. The summed E-state index contributed by atoms with van der Waals surface area (Å²) < 4.78 is 0. The number of ketones is 2. The van der Waals surface area contributed by atoms with Gasteiger partial charge in [-0.05, 0) is 105 Å². The summed E-state index contributed by atoms with van der Waals surface area (Å²) in [7, 11) is 0. The highest BCUT2D eigenvalue weighted by Crippen LogP contribution is 2.63. The molecule has 1 aromatic carbocycles. The number of carbonyl (C=O) groups is 2. The van der Waals surface area contributed by atoms with Crippen LogP contribution < -0.4 is 0 Å². The average molecular weight is 543 g/mol. The van der Waals surface area contributed by atoms with Crippen LogP contribution in [0.5, 0.6) is 0 Å². The minimum absolute atomic E-state index is 0.0182. The molecule has 3 aliphatic rings. The van der Waals surface area contributed by atoms with Crippen LogP contribution in [0.1, 0.15) is 127 Å². The molecule has 0 saturated carbocycles. The molecule has 0 aromatic heterocycles. The van der Waals surface area contributed by atoms with Crippen molar-refractivity contribution >= 4 is 11.6 Å². The van der Waals surface area contributed by atoms with E-state index in [1.54, 1.807) is 0 Å². The van der Waals surface area contributed by atoms with Gasteiger partial charge in [0, 0.05) is 27.5 Å². The van der Waals surface area contributed by atoms with E-state index in [9.17, 15) is 14.7 Å². The lowest BCUT2D eigenvalue weighted by atomic mass is 9.46. The highest BCUT2D eigenvalue weighted by Gasteiger charge is 2.64. The molecule has 0 fully saturated rings. The van der Waals surface area contributed by atoms with Crippen molar-refractivity contribution in [1.82, 2.24) is 0 Å². The number of aliphatic hydroxyl groups is 1. The Kier molecular flexibility index (Phi) is 7.24. The summed E-state index contributed by atoms with van der Waals surface area (Å²) in [6, 6.07) is 2.32. The summed E-state index contributed by atoms with van der Waals surface area (Å²) in [6.45, 7) is 31.4. The molecule has 3 nitrogen and oxygen atoms in total. The number of hydrogen-bond donors (Lipinski definition) is 1. The molecule has 3 aliphatic carbocycles. The van der Waals surface area contributed by atoms with Gasteiger partial charge in [-0.3, -0.25) is 9.59 Å². The predicted octanol–water partition coefficient (Wildman–Crippen LogP) is 8.72. The Morgan fingerprint density at radius 2 is 1.68 bits per heavy atom. The molecule has 3 atom stereocenters. The normalized spacial score (nSPS) is 28.5. The first-order chi connectivity index (χ1) is 18.2. The van der Waals surface area contributed by atoms with Gasteiger partial charge in [-0.2, -0.15) is 0 Å². The third kappa shape index (κ3) is 4.44. The molecule has 0 unspecified atom stereocenters. The Morgan fingerprint density at radius 3 is 2.20 bits per heavy atom. The van der Waals surface area contributed by atoms with Crippen molar-refractivity contribution in [3.05, 3.63) is 80.5 Å². The van der Waals surface area contributed by atoms with Crippen molar-refractivity contribution < 1.29 is 14.7 Å². The van der Waals surface area contributed by atoms with Gasteiger partial charge in [0.1, 0.15) is 0 Å². The fourth-order valence-corrected chi connectivity index (χ4v) is 8.71. The fraction of sp³-hybridized carbons (Fsp3) is 0.568. The van der Waals surface area contributed by atoms with Crippen molar-refractivity contribution in [2.75, 3.05) is 0 Å². The smallest absolute Gasteiger partial charge is 0.199 e. The van der Waals surface area contributed by atoms with Crippen LogP contribution in [-0.2, 0) is 17.6 Å². The number of fused-ring (bicyclic) bond motifs is 3. The number of hydrogen-bond acceptors (Lipinski definition) is 3. The number of benzene rings is 1. The van der Waals surface area contributed by atoms with Gasteiger partial charge in [-0.15, -0.1) is 0 Å². The van der Waals surface area contributed by atoms with Gasteiger partial charge in [0.25, 0.3) is 0 Å². The highest BCUT2D eigenvalue weighted by molar-refractivity contribution is 6.16. The molecule has 1 aromatic rings. The SMILES string of the molecule is C=C(Cc1cc(C(C)C)c2c(c1C)C(=O)C1=C(C)[C@@]3(O)C(=O)C(C(=C)C)=C(C)C[C@@]3(C)C[C@@]1(C)C2)CC(C)(C)C. The van der Waals surface area contributed by atoms with Crippen LogP contribution in [0.2, 0.25) is 0 Å². The van der Waals surface area contributed by atoms with E-state index < -0.39 is 16.4 Å². The quantitative estimate of drug-likeness (QED) is 0.379. The zero-order chi connectivity index (χ0) is 30.3. The van der Waals surface area contributed by atoms with Crippen LogP contribution in [0.15, 0.2) is 52.7 Å². The first kappa shape index (κ1) is 30.4. The molecule has 0 bridgehead atoms. The molecule has 0 spiro atoms. The average Bonchev–Trinajstić information content (AvgIpc) is 2.76. The molecule has 0 heterocycles. The molecule has 4 rings (SSSR count). The minimum Gasteiger partial charge on any atom is -0.377 e. The molecule has 0 aliphatic heterocycles. The molecule has 40 heavy (non-hydrogen) atoms. The molecular formula is C37H50O3. The zero-order valence-corrected chi connectivity index (χ0v) is 26.9. The Bertz CT molecular complexity index is 1420. The Labute approximate surface area is 242 Å². The zero-order valence-electron chi connectivity index (χ0n) is 26.9. The van der Waals surface area contributed by atoms with Gasteiger partial charge in [-0.1, -0.05) is 78.8 Å². The van der Waals surface area contributed by atoms with Crippen LogP contribution in [0, 0.1) is 23.2 Å². The summed E-state index contributed by atoms with van der Waals surface area (Å²) in [5.74, 6) is -0.0539. The predicted molar refractivity (Wildman–Crippen MR) is 166 cm³/mol. The van der Waals surface area contributed by atoms with Crippen molar-refractivity contribution in [3.63, 3.8) is 0 Å². The van der Waals surface area contributed by atoms with E-state index >= 15 is 0 Å². The minimum atomic E-state index is -1.73. The summed E-state index contributed by atoms with van der Waals surface area (Å²) in [5.41, 5.74) is 7.08. The maximum absolute atomic E-state index is 14.7. The Morgan fingerprint density at radius 1 is 1.07 bits per heavy atom. The monoisotopic (exact) mass is 542 g/mol. The number of allylic oxidation sites excluding steroid dienone is 4. The second-order valence-electron chi connectivity index (χ2n) is 15.4. The van der Waals surface area contributed by atoms with E-state index in [0.717, 1.165) is 47.1 Å². The number of Topliss-reactive ketones (excluding diaryl/α,β-unsaturated/α-hetero) is 2. The Balaban J connectivity index is 1.95. The van der Waals surface area contributed by atoms with E-state index in [2.05, 4.69) is 67.7 Å². The van der Waals surface area contributed by atoms with Crippen molar-refractivity contribution in [2.24, 2.45) is 16.2 Å². The van der Waals surface area contributed by atoms with Gasteiger partial charge in [-0.25, -0.2) is 0 Å². The van der Waals surface area contributed by atoms with Crippen LogP contribution in [0.3, 0.4) is 0 Å². The maximum Gasteiger partial charge on any atom is 0.199 e. The molecule has 1 N–H and O–H groups in total. The van der Waals surface area contributed by atoms with Crippen molar-refractivity contribution in [1.29, 1.82) is 0 Å². The molecule has 216 valence electrons. The molecule has 0 radical (unpaired) electrons. The van der Waals surface area contributed by atoms with Crippen LogP contribution in [0.25, 0.3) is 0 Å². The summed E-state index contributed by atoms with van der Waals surface area (Å²) >= 11 is 0. The van der Waals surface area contributed by atoms with Gasteiger partial charge in [0.2, 0.25) is 0 Å². The standard InChI is InChI=1S/C37H50O3/c1-20(2)27-15-26(14-22(5)16-34(9,10)11)24(7)30-28(27)18-35(12)19-36(13)17-23(6)29(21(3)4)33(39)37(36,40)25(8)31(35)32(30)38/h15,20,40H,3,5,14,16-19H2,1-2,4,6-13H3/t35-,36+,37-/m1/s1. The van der Waals surface area contributed by atoms with Crippen molar-refractivity contribution in [3.8, 4) is 0 Å². The largest absolute Gasteiger partial charge is 0.377 e. The second-order valence-corrected chi connectivity index (χ2v) is 15.4. The number of carbonyl (C=O) groups excluding carboxylic acids is 2. The highest BCUT2D eigenvalue weighted by atomic mass is 16.3. The lowest BCUT2D eigenvalue weighted by Crippen LogP contribution is -2.63. The first-order valence-corrected chi connectivity index (χ1v) is 14.9. The summed E-state index contributed by atoms with van der Waals surface area (Å²) in [5, 5.41) is 12.4. The summed E-state index contributed by atoms with van der Waals surface area (Å²) in [4.78, 5) is 28.8. The fourth-order valence-electron chi connectivity index (χ4n) is 8.71. The van der Waals surface area contributed by atoms with Crippen LogP contribution in [0.4, 0.5) is 0 Å². The topological polar surface area (TPSA) is 54.4 Å². The van der Waals surface area contributed by atoms with Gasteiger partial charge in [0.05, 0.1) is 0 Å². The lowest BCUT2D eigenvalue weighted by Gasteiger charge is -2.58. The molecule has 0 saturated heterocycles. The third-order valence-corrected chi connectivity index (χ3v) is 9.94. The van der Waals surface area contributed by atoms with E-state index in [1.165, 1.54) is 11.1 Å². The molecule has 3 heteroatoms. The third-order valence-electron chi connectivity index (χ3n) is 9.94. The first-order valence-electron chi connectivity index (χ1n) is 14.9. The van der Waals surface area contributed by atoms with E-state index in [1.807, 2.05) is 27.7 Å². The van der Waals surface area contributed by atoms with Crippen LogP contribution >= 0.6 is 0 Å². The van der Waals surface area contributed by atoms with E-state index in [-0.39, 0.29) is 22.9 Å². The van der Waals surface area contributed by atoms with Crippen molar-refractivity contribution in [2.45, 2.75) is 120 Å². The number of rotatable bonds is 5. The molecular weight excluding hydrogens is 492 g/mol. The van der Waals surface area contributed by atoms with Gasteiger partial charge in [0.15, 0.2) is 17.2 Å². The maximum atomic E-state index is 14.7. The lowest BCUT2D eigenvalue weighted by molar-refractivity contribution is -0.149. The summed E-state index contributed by atoms with van der Waals surface area (Å²) in [6.07, 6.45) is 3.56. The van der Waals surface area contributed by atoms with E-state index in [4.69, 9.17) is 0 Å².